The van der Waals surface area contributed by atoms with Gasteiger partial charge in [0.05, 0.1) is 24.6 Å². The van der Waals surface area contributed by atoms with Crippen molar-refractivity contribution in [1.29, 1.82) is 0 Å². The van der Waals surface area contributed by atoms with Gasteiger partial charge in [0.2, 0.25) is 0 Å². The van der Waals surface area contributed by atoms with Crippen LogP contribution in [0.5, 0.6) is 11.5 Å². The van der Waals surface area contributed by atoms with E-state index in [2.05, 4.69) is 24.2 Å². The first-order valence-electron chi connectivity index (χ1n) is 10.1. The Morgan fingerprint density at radius 1 is 0.690 bits per heavy atom. The number of hydrogen-bond donors (Lipinski definition) is 2. The Morgan fingerprint density at radius 3 is 1.38 bits per heavy atom. The molecule has 0 atom stereocenters. The standard InChI is InChI=1S/C23H30N2O4/c1-3-16-28-20-12-8-18(9-13-20)22(24-26)6-5-7-23(25-27)19-10-14-21(15-11-19)29-17-4-2/h8-15,26-27H,3-7,16-17H2,1-2H3/b24-22+,25-23+. The zero-order valence-corrected chi connectivity index (χ0v) is 17.2. The summed E-state index contributed by atoms with van der Waals surface area (Å²) < 4.78 is 11.1. The highest BCUT2D eigenvalue weighted by Gasteiger charge is 2.09. The minimum atomic E-state index is 0.558. The summed E-state index contributed by atoms with van der Waals surface area (Å²) in [5.41, 5.74) is 2.87. The molecule has 0 saturated carbocycles. The average Bonchev–Trinajstić information content (AvgIpc) is 2.77. The van der Waals surface area contributed by atoms with E-state index in [0.717, 1.165) is 35.5 Å². The Labute approximate surface area is 172 Å². The van der Waals surface area contributed by atoms with E-state index >= 15 is 0 Å². The summed E-state index contributed by atoms with van der Waals surface area (Å²) in [6, 6.07) is 15.0. The summed E-state index contributed by atoms with van der Waals surface area (Å²) in [6.45, 7) is 5.47. The quantitative estimate of drug-likeness (QED) is 0.281. The molecule has 2 N–H and O–H groups in total. The van der Waals surface area contributed by atoms with E-state index in [0.29, 0.717) is 43.9 Å². The first-order valence-corrected chi connectivity index (χ1v) is 10.1. The molecule has 0 radical (unpaired) electrons. The molecule has 0 amide bonds. The molecule has 2 rings (SSSR count). The van der Waals surface area contributed by atoms with Crippen LogP contribution in [-0.2, 0) is 0 Å². The molecule has 0 aliphatic rings. The molecule has 6 nitrogen and oxygen atoms in total. The van der Waals surface area contributed by atoms with Gasteiger partial charge in [-0.3, -0.25) is 0 Å². The molecule has 0 fully saturated rings. The molecule has 0 bridgehead atoms. The SMILES string of the molecule is CCCOc1ccc(/C(CCC/C(=N\O)c2ccc(OCCC)cc2)=N/O)cc1. The highest BCUT2D eigenvalue weighted by atomic mass is 16.5. The van der Waals surface area contributed by atoms with Gasteiger partial charge >= 0.3 is 0 Å². The fourth-order valence-electron chi connectivity index (χ4n) is 2.85. The van der Waals surface area contributed by atoms with Gasteiger partial charge in [-0.15, -0.1) is 0 Å². The average molecular weight is 399 g/mol. The van der Waals surface area contributed by atoms with E-state index in [1.807, 2.05) is 48.5 Å². The lowest BCUT2D eigenvalue weighted by atomic mass is 10.0. The first-order chi connectivity index (χ1) is 14.2. The number of rotatable bonds is 12. The minimum Gasteiger partial charge on any atom is -0.494 e. The van der Waals surface area contributed by atoms with E-state index in [1.54, 1.807) is 0 Å². The Kier molecular flexibility index (Phi) is 9.55. The van der Waals surface area contributed by atoms with Crippen LogP contribution >= 0.6 is 0 Å². The van der Waals surface area contributed by atoms with E-state index in [9.17, 15) is 10.4 Å². The highest BCUT2D eigenvalue weighted by molar-refractivity contribution is 6.02. The van der Waals surface area contributed by atoms with E-state index < -0.39 is 0 Å². The summed E-state index contributed by atoms with van der Waals surface area (Å²) in [7, 11) is 0. The van der Waals surface area contributed by atoms with Crippen molar-refractivity contribution in [2.75, 3.05) is 13.2 Å². The third-order valence-corrected chi connectivity index (χ3v) is 4.39. The smallest absolute Gasteiger partial charge is 0.119 e. The fraction of sp³-hybridized carbons (Fsp3) is 0.391. The van der Waals surface area contributed by atoms with Gasteiger partial charge in [-0.25, -0.2) is 0 Å². The lowest BCUT2D eigenvalue weighted by Crippen LogP contribution is -2.06. The van der Waals surface area contributed by atoms with Crippen LogP contribution in [0.25, 0.3) is 0 Å². The van der Waals surface area contributed by atoms with Gasteiger partial charge in [-0.2, -0.15) is 0 Å². The molecule has 0 heterocycles. The Bertz CT molecular complexity index is 716. The van der Waals surface area contributed by atoms with Gasteiger partial charge in [0.15, 0.2) is 0 Å². The van der Waals surface area contributed by atoms with E-state index in [4.69, 9.17) is 9.47 Å². The van der Waals surface area contributed by atoms with Gasteiger partial charge in [0.25, 0.3) is 0 Å². The molecule has 0 aromatic heterocycles. The van der Waals surface area contributed by atoms with Gasteiger partial charge in [-0.05, 0) is 91.8 Å². The van der Waals surface area contributed by atoms with Gasteiger partial charge in [0, 0.05) is 0 Å². The van der Waals surface area contributed by atoms with Gasteiger partial charge in [0.1, 0.15) is 11.5 Å². The number of oxime groups is 2. The van der Waals surface area contributed by atoms with Crippen LogP contribution < -0.4 is 9.47 Å². The maximum Gasteiger partial charge on any atom is 0.119 e. The van der Waals surface area contributed by atoms with Crippen molar-refractivity contribution >= 4 is 11.4 Å². The van der Waals surface area contributed by atoms with Crippen molar-refractivity contribution in [2.24, 2.45) is 10.3 Å². The second-order valence-electron chi connectivity index (χ2n) is 6.69. The zero-order valence-electron chi connectivity index (χ0n) is 17.2. The summed E-state index contributed by atoms with van der Waals surface area (Å²) in [5, 5.41) is 25.7. The third kappa shape index (κ3) is 7.14. The summed E-state index contributed by atoms with van der Waals surface area (Å²) in [5.74, 6) is 1.60. The summed E-state index contributed by atoms with van der Waals surface area (Å²) >= 11 is 0. The maximum atomic E-state index is 9.39. The lowest BCUT2D eigenvalue weighted by Gasteiger charge is -2.09. The number of ether oxygens (including phenoxy) is 2. The van der Waals surface area contributed by atoms with Crippen LogP contribution in [0.2, 0.25) is 0 Å². The summed E-state index contributed by atoms with van der Waals surface area (Å²) in [6.07, 6.45) is 3.70. The molecular formula is C23H30N2O4. The van der Waals surface area contributed by atoms with Crippen molar-refractivity contribution in [3.05, 3.63) is 59.7 Å². The fourth-order valence-corrected chi connectivity index (χ4v) is 2.85. The molecule has 0 aliphatic carbocycles. The Hall–Kier alpha value is -3.02. The summed E-state index contributed by atoms with van der Waals surface area (Å²) in [4.78, 5) is 0. The second-order valence-corrected chi connectivity index (χ2v) is 6.69. The van der Waals surface area contributed by atoms with E-state index in [-0.39, 0.29) is 0 Å². The Balaban J connectivity index is 1.90. The first kappa shape index (κ1) is 22.3. The topological polar surface area (TPSA) is 83.6 Å². The molecule has 2 aromatic rings. The number of nitrogens with zero attached hydrogens (tertiary/aromatic N) is 2. The third-order valence-electron chi connectivity index (χ3n) is 4.39. The van der Waals surface area contributed by atoms with Crippen LogP contribution in [0.4, 0.5) is 0 Å². The molecule has 2 aromatic carbocycles. The molecule has 156 valence electrons. The van der Waals surface area contributed by atoms with Crippen molar-refractivity contribution in [2.45, 2.75) is 46.0 Å². The van der Waals surface area contributed by atoms with Crippen LogP contribution in [0.3, 0.4) is 0 Å². The highest BCUT2D eigenvalue weighted by Crippen LogP contribution is 2.18. The van der Waals surface area contributed by atoms with Crippen molar-refractivity contribution in [3.63, 3.8) is 0 Å². The van der Waals surface area contributed by atoms with Crippen molar-refractivity contribution < 1.29 is 19.9 Å². The second kappa shape index (κ2) is 12.4. The molecule has 0 saturated heterocycles. The van der Waals surface area contributed by atoms with E-state index in [1.165, 1.54) is 0 Å². The molecule has 0 unspecified atom stereocenters. The predicted octanol–water partition coefficient (Wildman–Crippen LogP) is 5.49. The van der Waals surface area contributed by atoms with Crippen molar-refractivity contribution in [1.82, 2.24) is 0 Å². The van der Waals surface area contributed by atoms with Gasteiger partial charge < -0.3 is 19.9 Å². The molecule has 29 heavy (non-hydrogen) atoms. The largest absolute Gasteiger partial charge is 0.494 e. The van der Waals surface area contributed by atoms with Gasteiger partial charge in [-0.1, -0.05) is 24.2 Å². The lowest BCUT2D eigenvalue weighted by molar-refractivity contribution is 0.315. The molecule has 0 aliphatic heterocycles. The molecular weight excluding hydrogens is 368 g/mol. The van der Waals surface area contributed by atoms with Crippen molar-refractivity contribution in [3.8, 4) is 11.5 Å². The molecule has 0 spiro atoms. The van der Waals surface area contributed by atoms with Crippen LogP contribution in [0.15, 0.2) is 58.8 Å². The number of hydrogen-bond acceptors (Lipinski definition) is 6. The normalized spacial score (nSPS) is 12.1. The Morgan fingerprint density at radius 2 is 1.07 bits per heavy atom. The zero-order chi connectivity index (χ0) is 20.9. The van der Waals surface area contributed by atoms with Crippen LogP contribution in [0, 0.1) is 0 Å². The minimum absolute atomic E-state index is 0.558. The molecule has 6 heteroatoms. The van der Waals surface area contributed by atoms with Crippen LogP contribution in [-0.4, -0.2) is 35.1 Å². The number of benzene rings is 2. The predicted molar refractivity (Wildman–Crippen MR) is 115 cm³/mol. The maximum absolute atomic E-state index is 9.39. The monoisotopic (exact) mass is 398 g/mol. The van der Waals surface area contributed by atoms with Crippen LogP contribution in [0.1, 0.15) is 57.1 Å².